The molecule has 0 amide bonds. The van der Waals surface area contributed by atoms with Gasteiger partial charge in [0.15, 0.2) is 0 Å². The third-order valence-electron chi connectivity index (χ3n) is 3.22. The number of aryl methyl sites for hydroxylation is 4. The van der Waals surface area contributed by atoms with E-state index in [1.807, 2.05) is 13.0 Å². The van der Waals surface area contributed by atoms with Gasteiger partial charge in [-0.15, -0.1) is 0 Å². The van der Waals surface area contributed by atoms with Crippen molar-refractivity contribution in [1.29, 1.82) is 0 Å². The van der Waals surface area contributed by atoms with E-state index in [-0.39, 0.29) is 0 Å². The summed E-state index contributed by atoms with van der Waals surface area (Å²) in [5.41, 5.74) is 11.4. The summed E-state index contributed by atoms with van der Waals surface area (Å²) in [6, 6.07) is 6.37. The zero-order chi connectivity index (χ0) is 14.7. The zero-order valence-corrected chi connectivity index (χ0v) is 12.6. The summed E-state index contributed by atoms with van der Waals surface area (Å²) in [6.45, 7) is 9.57. The van der Waals surface area contributed by atoms with E-state index in [0.29, 0.717) is 13.1 Å². The highest BCUT2D eigenvalue weighted by Crippen LogP contribution is 2.28. The highest BCUT2D eigenvalue weighted by molar-refractivity contribution is 5.70. The van der Waals surface area contributed by atoms with Crippen LogP contribution in [0.25, 0.3) is 11.3 Å². The first-order chi connectivity index (χ1) is 9.51. The van der Waals surface area contributed by atoms with E-state index in [4.69, 9.17) is 5.73 Å². The van der Waals surface area contributed by atoms with Gasteiger partial charge in [0.1, 0.15) is 11.6 Å². The summed E-state index contributed by atoms with van der Waals surface area (Å²) < 4.78 is 0. The number of rotatable bonds is 4. The maximum absolute atomic E-state index is 5.52. The lowest BCUT2D eigenvalue weighted by Gasteiger charge is -2.13. The SMILES string of the molecule is Cc1cc(C)c(-c2cc(NCCN)nc(C)n2)c(C)c1. The van der Waals surface area contributed by atoms with E-state index in [2.05, 4.69) is 48.2 Å². The lowest BCUT2D eigenvalue weighted by atomic mass is 9.97. The Labute approximate surface area is 120 Å². The van der Waals surface area contributed by atoms with Crippen molar-refractivity contribution in [3.8, 4) is 11.3 Å². The molecule has 4 nitrogen and oxygen atoms in total. The van der Waals surface area contributed by atoms with Gasteiger partial charge in [0.25, 0.3) is 0 Å². The minimum absolute atomic E-state index is 0.584. The molecule has 1 aromatic carbocycles. The molecule has 20 heavy (non-hydrogen) atoms. The smallest absolute Gasteiger partial charge is 0.130 e. The van der Waals surface area contributed by atoms with E-state index in [9.17, 15) is 0 Å². The second-order valence-electron chi connectivity index (χ2n) is 5.17. The van der Waals surface area contributed by atoms with Gasteiger partial charge in [-0.1, -0.05) is 17.7 Å². The zero-order valence-electron chi connectivity index (χ0n) is 12.6. The molecule has 0 bridgehead atoms. The number of aromatic nitrogens is 2. The molecule has 0 saturated carbocycles. The van der Waals surface area contributed by atoms with E-state index < -0.39 is 0 Å². The maximum atomic E-state index is 5.52. The van der Waals surface area contributed by atoms with Crippen LogP contribution in [-0.2, 0) is 0 Å². The van der Waals surface area contributed by atoms with Gasteiger partial charge in [-0.2, -0.15) is 0 Å². The lowest BCUT2D eigenvalue weighted by molar-refractivity contribution is 0.986. The largest absolute Gasteiger partial charge is 0.369 e. The molecule has 0 aliphatic rings. The highest BCUT2D eigenvalue weighted by atomic mass is 15.0. The van der Waals surface area contributed by atoms with Crippen molar-refractivity contribution in [3.05, 3.63) is 40.7 Å². The van der Waals surface area contributed by atoms with Gasteiger partial charge >= 0.3 is 0 Å². The normalized spacial score (nSPS) is 10.7. The molecule has 106 valence electrons. The van der Waals surface area contributed by atoms with Gasteiger partial charge in [-0.25, -0.2) is 9.97 Å². The molecule has 0 saturated heterocycles. The molecule has 2 rings (SSSR count). The predicted molar refractivity (Wildman–Crippen MR) is 84.0 cm³/mol. The van der Waals surface area contributed by atoms with Crippen molar-refractivity contribution in [2.75, 3.05) is 18.4 Å². The number of hydrogen-bond donors (Lipinski definition) is 2. The van der Waals surface area contributed by atoms with Crippen molar-refractivity contribution >= 4 is 5.82 Å². The molecule has 0 atom stereocenters. The van der Waals surface area contributed by atoms with E-state index >= 15 is 0 Å². The first-order valence-corrected chi connectivity index (χ1v) is 6.89. The molecule has 0 spiro atoms. The Kier molecular flexibility index (Phi) is 4.35. The number of nitrogens with two attached hydrogens (primary N) is 1. The lowest BCUT2D eigenvalue weighted by Crippen LogP contribution is -2.14. The Bertz CT molecular complexity index is 597. The summed E-state index contributed by atoms with van der Waals surface area (Å²) in [6.07, 6.45) is 0. The second-order valence-corrected chi connectivity index (χ2v) is 5.17. The van der Waals surface area contributed by atoms with Gasteiger partial charge < -0.3 is 11.1 Å². The molecule has 0 aliphatic carbocycles. The first-order valence-electron chi connectivity index (χ1n) is 6.89. The third-order valence-corrected chi connectivity index (χ3v) is 3.22. The summed E-state index contributed by atoms with van der Waals surface area (Å²) >= 11 is 0. The number of nitrogens with one attached hydrogen (secondary N) is 1. The summed E-state index contributed by atoms with van der Waals surface area (Å²) in [5, 5.41) is 3.22. The van der Waals surface area contributed by atoms with Crippen LogP contribution < -0.4 is 11.1 Å². The molecule has 0 aliphatic heterocycles. The van der Waals surface area contributed by atoms with Crippen LogP contribution in [0.1, 0.15) is 22.5 Å². The van der Waals surface area contributed by atoms with Crippen LogP contribution in [0, 0.1) is 27.7 Å². The van der Waals surface area contributed by atoms with Crippen LogP contribution in [0.5, 0.6) is 0 Å². The predicted octanol–water partition coefficient (Wildman–Crippen LogP) is 2.75. The van der Waals surface area contributed by atoms with Crippen molar-refractivity contribution in [2.45, 2.75) is 27.7 Å². The maximum Gasteiger partial charge on any atom is 0.130 e. The number of anilines is 1. The fourth-order valence-corrected chi connectivity index (χ4v) is 2.57. The minimum Gasteiger partial charge on any atom is -0.369 e. The van der Waals surface area contributed by atoms with Crippen molar-refractivity contribution in [2.24, 2.45) is 5.73 Å². The Morgan fingerprint density at radius 1 is 1.00 bits per heavy atom. The molecule has 3 N–H and O–H groups in total. The van der Waals surface area contributed by atoms with Gasteiger partial charge in [-0.05, 0) is 38.8 Å². The average Bonchev–Trinajstić information content (AvgIpc) is 2.34. The standard InChI is InChI=1S/C16H22N4/c1-10-7-11(2)16(12(3)8-10)14-9-15(18-6-5-17)20-13(4)19-14/h7-9H,5-6,17H2,1-4H3,(H,18,19,20). The van der Waals surface area contributed by atoms with Crippen molar-refractivity contribution in [1.82, 2.24) is 9.97 Å². The van der Waals surface area contributed by atoms with Gasteiger partial charge in [0.05, 0.1) is 5.69 Å². The molecule has 4 heteroatoms. The molecule has 1 aromatic heterocycles. The Balaban J connectivity index is 2.50. The van der Waals surface area contributed by atoms with Gasteiger partial charge in [-0.3, -0.25) is 0 Å². The highest BCUT2D eigenvalue weighted by Gasteiger charge is 2.10. The molecule has 2 aromatic rings. The Hall–Kier alpha value is -1.94. The van der Waals surface area contributed by atoms with Crippen LogP contribution in [-0.4, -0.2) is 23.1 Å². The summed E-state index contributed by atoms with van der Waals surface area (Å²) in [5.74, 6) is 1.60. The molecular formula is C16H22N4. The number of benzene rings is 1. The molecular weight excluding hydrogens is 248 g/mol. The van der Waals surface area contributed by atoms with Gasteiger partial charge in [0.2, 0.25) is 0 Å². The second kappa shape index (κ2) is 6.01. The minimum atomic E-state index is 0.584. The first kappa shape index (κ1) is 14.5. The van der Waals surface area contributed by atoms with Crippen LogP contribution in [0.3, 0.4) is 0 Å². The summed E-state index contributed by atoms with van der Waals surface area (Å²) in [4.78, 5) is 8.98. The Morgan fingerprint density at radius 3 is 2.25 bits per heavy atom. The van der Waals surface area contributed by atoms with Gasteiger partial charge in [0, 0.05) is 24.7 Å². The van der Waals surface area contributed by atoms with E-state index in [1.54, 1.807) is 0 Å². The van der Waals surface area contributed by atoms with Crippen LogP contribution in [0.15, 0.2) is 18.2 Å². The van der Waals surface area contributed by atoms with Crippen LogP contribution in [0.4, 0.5) is 5.82 Å². The topological polar surface area (TPSA) is 63.8 Å². The number of hydrogen-bond acceptors (Lipinski definition) is 4. The van der Waals surface area contributed by atoms with Crippen LogP contribution >= 0.6 is 0 Å². The monoisotopic (exact) mass is 270 g/mol. The summed E-state index contributed by atoms with van der Waals surface area (Å²) in [7, 11) is 0. The fraction of sp³-hybridized carbons (Fsp3) is 0.375. The fourth-order valence-electron chi connectivity index (χ4n) is 2.57. The third kappa shape index (κ3) is 3.14. The Morgan fingerprint density at radius 2 is 1.65 bits per heavy atom. The molecule has 1 heterocycles. The number of nitrogens with zero attached hydrogens (tertiary/aromatic N) is 2. The molecule has 0 fully saturated rings. The van der Waals surface area contributed by atoms with E-state index in [1.165, 1.54) is 22.3 Å². The van der Waals surface area contributed by atoms with Crippen molar-refractivity contribution in [3.63, 3.8) is 0 Å². The molecule has 0 radical (unpaired) electrons. The average molecular weight is 270 g/mol. The van der Waals surface area contributed by atoms with Crippen molar-refractivity contribution < 1.29 is 0 Å². The van der Waals surface area contributed by atoms with E-state index in [0.717, 1.165) is 17.3 Å². The molecule has 0 unspecified atom stereocenters. The quantitative estimate of drug-likeness (QED) is 0.896. The van der Waals surface area contributed by atoms with Crippen LogP contribution in [0.2, 0.25) is 0 Å².